The van der Waals surface area contributed by atoms with Gasteiger partial charge in [-0.2, -0.15) is 0 Å². The summed E-state index contributed by atoms with van der Waals surface area (Å²) < 4.78 is 13.1. The van der Waals surface area contributed by atoms with E-state index in [1.165, 1.54) is 4.90 Å². The van der Waals surface area contributed by atoms with E-state index in [2.05, 4.69) is 0 Å². The number of ether oxygens (including phenoxy) is 2. The molecule has 2 aromatic carbocycles. The standard InChI is InChI=1S/C25H26N2O4/c1-25(2,3)31-24(29)27-15-19-11-7-8-12-20(19)21-13-14-26(22(21)23(27)28)17-30-16-18-9-5-4-6-10-18/h4-14H,15-17H2,1-3H3. The van der Waals surface area contributed by atoms with Crippen molar-refractivity contribution in [3.05, 3.63) is 83.7 Å². The normalized spacial score (nSPS) is 13.4. The van der Waals surface area contributed by atoms with Gasteiger partial charge in [-0.25, -0.2) is 9.69 Å². The molecule has 6 heteroatoms. The molecule has 0 fully saturated rings. The van der Waals surface area contributed by atoms with Crippen LogP contribution in [0.5, 0.6) is 0 Å². The van der Waals surface area contributed by atoms with Crippen LogP contribution in [0.1, 0.15) is 42.4 Å². The Labute approximate surface area is 182 Å². The second kappa shape index (κ2) is 8.40. The number of carbonyl (C=O) groups is 2. The fourth-order valence-corrected chi connectivity index (χ4v) is 3.63. The Morgan fingerprint density at radius 2 is 1.68 bits per heavy atom. The molecule has 2 amide bonds. The van der Waals surface area contributed by atoms with Crippen molar-refractivity contribution in [1.82, 2.24) is 9.47 Å². The number of benzene rings is 2. The number of amides is 2. The zero-order chi connectivity index (χ0) is 22.0. The zero-order valence-corrected chi connectivity index (χ0v) is 18.0. The van der Waals surface area contributed by atoms with Gasteiger partial charge in [0.2, 0.25) is 0 Å². The quantitative estimate of drug-likeness (QED) is 0.583. The zero-order valence-electron chi connectivity index (χ0n) is 18.0. The first-order chi connectivity index (χ1) is 14.8. The van der Waals surface area contributed by atoms with Crippen LogP contribution >= 0.6 is 0 Å². The lowest BCUT2D eigenvalue weighted by atomic mass is 10.0. The van der Waals surface area contributed by atoms with Crippen molar-refractivity contribution in [3.8, 4) is 11.1 Å². The lowest BCUT2D eigenvalue weighted by Crippen LogP contribution is -2.40. The molecule has 0 spiro atoms. The van der Waals surface area contributed by atoms with Crippen LogP contribution in [-0.2, 0) is 29.4 Å². The Balaban J connectivity index is 1.66. The van der Waals surface area contributed by atoms with E-state index in [0.29, 0.717) is 12.3 Å². The first-order valence-corrected chi connectivity index (χ1v) is 10.3. The monoisotopic (exact) mass is 418 g/mol. The third-order valence-electron chi connectivity index (χ3n) is 5.00. The number of aromatic nitrogens is 1. The van der Waals surface area contributed by atoms with Crippen LogP contribution in [0.2, 0.25) is 0 Å². The molecule has 3 aromatic rings. The number of hydrogen-bond acceptors (Lipinski definition) is 4. The molecular formula is C25H26N2O4. The maximum absolute atomic E-state index is 13.5. The van der Waals surface area contributed by atoms with Crippen molar-refractivity contribution < 1.29 is 19.1 Å². The van der Waals surface area contributed by atoms with Crippen LogP contribution in [0.25, 0.3) is 11.1 Å². The van der Waals surface area contributed by atoms with E-state index >= 15 is 0 Å². The van der Waals surface area contributed by atoms with Crippen molar-refractivity contribution in [2.24, 2.45) is 0 Å². The third-order valence-corrected chi connectivity index (χ3v) is 5.00. The minimum Gasteiger partial charge on any atom is -0.443 e. The number of fused-ring (bicyclic) bond motifs is 3. The second-order valence-electron chi connectivity index (χ2n) is 8.54. The number of imide groups is 1. The molecule has 0 bridgehead atoms. The molecule has 31 heavy (non-hydrogen) atoms. The molecule has 0 radical (unpaired) electrons. The Bertz CT molecular complexity index is 1100. The molecule has 2 heterocycles. The Hall–Kier alpha value is -3.38. The van der Waals surface area contributed by atoms with Crippen LogP contribution < -0.4 is 0 Å². The smallest absolute Gasteiger partial charge is 0.417 e. The van der Waals surface area contributed by atoms with Crippen molar-refractivity contribution in [3.63, 3.8) is 0 Å². The molecule has 1 aliphatic heterocycles. The predicted octanol–water partition coefficient (Wildman–Crippen LogP) is 5.22. The van der Waals surface area contributed by atoms with Crippen molar-refractivity contribution in [2.45, 2.75) is 46.3 Å². The molecule has 1 aliphatic rings. The average molecular weight is 418 g/mol. The van der Waals surface area contributed by atoms with Crippen LogP contribution in [0.3, 0.4) is 0 Å². The van der Waals surface area contributed by atoms with E-state index in [4.69, 9.17) is 9.47 Å². The molecule has 0 aliphatic carbocycles. The summed E-state index contributed by atoms with van der Waals surface area (Å²) >= 11 is 0. The SMILES string of the molecule is CC(C)(C)OC(=O)N1Cc2ccccc2-c2ccn(COCc3ccccc3)c2C1=O. The molecule has 0 atom stereocenters. The second-order valence-corrected chi connectivity index (χ2v) is 8.54. The summed E-state index contributed by atoms with van der Waals surface area (Å²) in [5.74, 6) is -0.395. The van der Waals surface area contributed by atoms with E-state index in [0.717, 1.165) is 22.3 Å². The Kier molecular flexibility index (Phi) is 5.65. The maximum Gasteiger partial charge on any atom is 0.417 e. The van der Waals surface area contributed by atoms with Crippen LogP contribution in [-0.4, -0.2) is 27.1 Å². The summed E-state index contributed by atoms with van der Waals surface area (Å²) in [7, 11) is 0. The molecular weight excluding hydrogens is 392 g/mol. The van der Waals surface area contributed by atoms with Crippen LogP contribution in [0.15, 0.2) is 66.9 Å². The van der Waals surface area contributed by atoms with Crippen molar-refractivity contribution in [1.29, 1.82) is 0 Å². The first kappa shape index (κ1) is 20.9. The summed E-state index contributed by atoms with van der Waals surface area (Å²) in [5, 5.41) is 0. The molecule has 1 aromatic heterocycles. The fourth-order valence-electron chi connectivity index (χ4n) is 3.63. The third kappa shape index (κ3) is 4.54. The van der Waals surface area contributed by atoms with Gasteiger partial charge in [0.1, 0.15) is 18.0 Å². The van der Waals surface area contributed by atoms with Gasteiger partial charge in [-0.05, 0) is 43.5 Å². The highest BCUT2D eigenvalue weighted by molar-refractivity contribution is 6.07. The van der Waals surface area contributed by atoms with Gasteiger partial charge in [0.05, 0.1) is 13.2 Å². The van der Waals surface area contributed by atoms with E-state index in [9.17, 15) is 9.59 Å². The van der Waals surface area contributed by atoms with Gasteiger partial charge in [-0.15, -0.1) is 0 Å². The van der Waals surface area contributed by atoms with E-state index in [-0.39, 0.29) is 13.3 Å². The van der Waals surface area contributed by atoms with Gasteiger partial charge in [0.25, 0.3) is 5.91 Å². The van der Waals surface area contributed by atoms with E-state index in [1.54, 1.807) is 25.3 Å². The molecule has 4 rings (SSSR count). The van der Waals surface area contributed by atoms with E-state index in [1.807, 2.05) is 66.9 Å². The number of rotatable bonds is 4. The highest BCUT2D eigenvalue weighted by Crippen LogP contribution is 2.34. The molecule has 160 valence electrons. The fraction of sp³-hybridized carbons (Fsp3) is 0.280. The largest absolute Gasteiger partial charge is 0.443 e. The molecule has 0 saturated carbocycles. The molecule has 6 nitrogen and oxygen atoms in total. The maximum atomic E-state index is 13.5. The minimum atomic E-state index is -0.702. The van der Waals surface area contributed by atoms with Gasteiger partial charge < -0.3 is 14.0 Å². The molecule has 0 unspecified atom stereocenters. The lowest BCUT2D eigenvalue weighted by Gasteiger charge is -2.26. The van der Waals surface area contributed by atoms with Crippen LogP contribution in [0, 0.1) is 0 Å². The van der Waals surface area contributed by atoms with Crippen molar-refractivity contribution >= 4 is 12.0 Å². The predicted molar refractivity (Wildman–Crippen MR) is 117 cm³/mol. The average Bonchev–Trinajstić information content (AvgIpc) is 3.09. The van der Waals surface area contributed by atoms with Crippen LogP contribution in [0.4, 0.5) is 4.79 Å². The van der Waals surface area contributed by atoms with Gasteiger partial charge >= 0.3 is 6.09 Å². The minimum absolute atomic E-state index is 0.156. The van der Waals surface area contributed by atoms with Crippen molar-refractivity contribution in [2.75, 3.05) is 0 Å². The first-order valence-electron chi connectivity index (χ1n) is 10.3. The summed E-state index contributed by atoms with van der Waals surface area (Å²) in [6, 6.07) is 19.5. The topological polar surface area (TPSA) is 60.8 Å². The molecule has 0 saturated heterocycles. The number of carbonyl (C=O) groups excluding carboxylic acids is 2. The van der Waals surface area contributed by atoms with Gasteiger partial charge in [-0.1, -0.05) is 54.6 Å². The number of nitrogens with zero attached hydrogens (tertiary/aromatic N) is 2. The molecule has 0 N–H and O–H groups in total. The Morgan fingerprint density at radius 3 is 2.42 bits per heavy atom. The highest BCUT2D eigenvalue weighted by atomic mass is 16.6. The van der Waals surface area contributed by atoms with Gasteiger partial charge in [0, 0.05) is 11.8 Å². The highest BCUT2D eigenvalue weighted by Gasteiger charge is 2.35. The lowest BCUT2D eigenvalue weighted by molar-refractivity contribution is 0.0215. The summed E-state index contributed by atoms with van der Waals surface area (Å²) in [6.07, 6.45) is 1.17. The van der Waals surface area contributed by atoms with Gasteiger partial charge in [0.15, 0.2) is 0 Å². The van der Waals surface area contributed by atoms with Gasteiger partial charge in [-0.3, -0.25) is 4.79 Å². The summed E-state index contributed by atoms with van der Waals surface area (Å²) in [4.78, 5) is 27.5. The summed E-state index contributed by atoms with van der Waals surface area (Å²) in [6.45, 7) is 6.13. The number of hydrogen-bond donors (Lipinski definition) is 0. The van der Waals surface area contributed by atoms with E-state index < -0.39 is 17.6 Å². The summed E-state index contributed by atoms with van der Waals surface area (Å²) in [5.41, 5.74) is 3.38. The Morgan fingerprint density at radius 1 is 0.968 bits per heavy atom.